The van der Waals surface area contributed by atoms with Gasteiger partial charge in [0, 0.05) is 5.75 Å². The topological polar surface area (TPSA) is 33.4 Å². The molecule has 0 amide bonds. The summed E-state index contributed by atoms with van der Waals surface area (Å²) < 4.78 is 5.23. The van der Waals surface area contributed by atoms with Crippen molar-refractivity contribution in [2.24, 2.45) is 0 Å². The van der Waals surface area contributed by atoms with Crippen molar-refractivity contribution in [2.45, 2.75) is 13.0 Å². The number of aliphatic hydroxyl groups excluding tert-OH is 1. The summed E-state index contributed by atoms with van der Waals surface area (Å²) in [4.78, 5) is 0. The molecule has 0 aromatic carbocycles. The Hall–Kier alpha value is -0.410. The average molecular weight is 172 g/mol. The van der Waals surface area contributed by atoms with Crippen LogP contribution in [0.5, 0.6) is 0 Å². The Balaban J connectivity index is 2.60. The van der Waals surface area contributed by atoms with Crippen molar-refractivity contribution in [2.75, 3.05) is 12.0 Å². The molecular weight excluding hydrogens is 160 g/mol. The van der Waals surface area contributed by atoms with Crippen molar-refractivity contribution < 1.29 is 9.52 Å². The van der Waals surface area contributed by atoms with Crippen LogP contribution in [0.15, 0.2) is 16.5 Å². The Morgan fingerprint density at radius 3 is 2.82 bits per heavy atom. The van der Waals surface area contributed by atoms with Crippen LogP contribution in [-0.2, 0) is 0 Å². The van der Waals surface area contributed by atoms with Crippen molar-refractivity contribution in [1.82, 2.24) is 0 Å². The van der Waals surface area contributed by atoms with E-state index in [4.69, 9.17) is 4.42 Å². The van der Waals surface area contributed by atoms with E-state index >= 15 is 0 Å². The van der Waals surface area contributed by atoms with Gasteiger partial charge in [0.2, 0.25) is 0 Å². The van der Waals surface area contributed by atoms with E-state index in [9.17, 15) is 5.11 Å². The van der Waals surface area contributed by atoms with Crippen LogP contribution < -0.4 is 0 Å². The number of hydrogen-bond acceptors (Lipinski definition) is 3. The third kappa shape index (κ3) is 2.27. The number of aryl methyl sites for hydroxylation is 1. The summed E-state index contributed by atoms with van der Waals surface area (Å²) >= 11 is 1.60. The molecule has 1 atom stereocenters. The number of hydrogen-bond donors (Lipinski definition) is 1. The van der Waals surface area contributed by atoms with Crippen molar-refractivity contribution in [3.63, 3.8) is 0 Å². The molecule has 3 heteroatoms. The van der Waals surface area contributed by atoms with Crippen molar-refractivity contribution in [1.29, 1.82) is 0 Å². The number of rotatable bonds is 3. The first-order valence-electron chi connectivity index (χ1n) is 3.47. The Labute approximate surface area is 70.6 Å². The Morgan fingerprint density at radius 2 is 2.36 bits per heavy atom. The third-order valence-corrected chi connectivity index (χ3v) is 2.06. The highest BCUT2D eigenvalue weighted by Crippen LogP contribution is 2.18. The van der Waals surface area contributed by atoms with Crippen LogP contribution in [0.25, 0.3) is 0 Å². The summed E-state index contributed by atoms with van der Waals surface area (Å²) in [6, 6.07) is 3.68. The molecule has 2 nitrogen and oxygen atoms in total. The Bertz CT molecular complexity index is 220. The van der Waals surface area contributed by atoms with Gasteiger partial charge >= 0.3 is 0 Å². The van der Waals surface area contributed by atoms with Crippen LogP contribution in [-0.4, -0.2) is 17.1 Å². The van der Waals surface area contributed by atoms with E-state index in [0.717, 1.165) is 5.76 Å². The van der Waals surface area contributed by atoms with Crippen LogP contribution in [0, 0.1) is 6.92 Å². The lowest BCUT2D eigenvalue weighted by Gasteiger charge is -2.03. The summed E-state index contributed by atoms with van der Waals surface area (Å²) in [6.07, 6.45) is 1.50. The molecule has 0 saturated carbocycles. The van der Waals surface area contributed by atoms with Crippen LogP contribution in [0.1, 0.15) is 17.6 Å². The molecule has 0 spiro atoms. The number of furan rings is 1. The van der Waals surface area contributed by atoms with E-state index in [1.807, 2.05) is 25.3 Å². The maximum atomic E-state index is 9.42. The lowest BCUT2D eigenvalue weighted by atomic mass is 10.3. The molecule has 1 unspecified atom stereocenters. The third-order valence-electron chi connectivity index (χ3n) is 1.41. The first kappa shape index (κ1) is 8.68. The zero-order chi connectivity index (χ0) is 8.27. The fourth-order valence-electron chi connectivity index (χ4n) is 0.873. The standard InChI is InChI=1S/C8H12O2S/c1-6-3-4-8(10-6)7(9)5-11-2/h3-4,7,9H,5H2,1-2H3. The highest BCUT2D eigenvalue weighted by atomic mass is 32.2. The molecule has 0 aliphatic heterocycles. The van der Waals surface area contributed by atoms with E-state index < -0.39 is 6.10 Å². The largest absolute Gasteiger partial charge is 0.464 e. The van der Waals surface area contributed by atoms with Crippen molar-refractivity contribution in [3.05, 3.63) is 23.7 Å². The van der Waals surface area contributed by atoms with Gasteiger partial charge in [0.1, 0.15) is 17.6 Å². The quantitative estimate of drug-likeness (QED) is 0.757. The first-order chi connectivity index (χ1) is 5.24. The van der Waals surface area contributed by atoms with Gasteiger partial charge in [-0.2, -0.15) is 11.8 Å². The van der Waals surface area contributed by atoms with Gasteiger partial charge in [0.05, 0.1) is 0 Å². The van der Waals surface area contributed by atoms with E-state index in [2.05, 4.69) is 0 Å². The molecule has 1 aromatic rings. The second-order valence-electron chi connectivity index (χ2n) is 2.42. The predicted octanol–water partition coefficient (Wildman–Crippen LogP) is 1.98. The van der Waals surface area contributed by atoms with Crippen LogP contribution in [0.4, 0.5) is 0 Å². The second-order valence-corrected chi connectivity index (χ2v) is 3.33. The Morgan fingerprint density at radius 1 is 1.64 bits per heavy atom. The predicted molar refractivity (Wildman–Crippen MR) is 46.8 cm³/mol. The second kappa shape index (κ2) is 3.83. The van der Waals surface area contributed by atoms with Crippen LogP contribution in [0.3, 0.4) is 0 Å². The molecular formula is C8H12O2S. The highest BCUT2D eigenvalue weighted by molar-refractivity contribution is 7.98. The Kier molecular flexibility index (Phi) is 3.02. The summed E-state index contributed by atoms with van der Waals surface area (Å²) in [6.45, 7) is 1.87. The molecule has 0 aliphatic carbocycles. The minimum atomic E-state index is -0.460. The molecule has 1 rings (SSSR count). The van der Waals surface area contributed by atoms with E-state index in [-0.39, 0.29) is 0 Å². The first-order valence-corrected chi connectivity index (χ1v) is 4.86. The molecule has 0 radical (unpaired) electrons. The molecule has 11 heavy (non-hydrogen) atoms. The highest BCUT2D eigenvalue weighted by Gasteiger charge is 2.09. The monoisotopic (exact) mass is 172 g/mol. The minimum Gasteiger partial charge on any atom is -0.464 e. The van der Waals surface area contributed by atoms with Gasteiger partial charge in [-0.05, 0) is 25.3 Å². The van der Waals surface area contributed by atoms with E-state index in [1.165, 1.54) is 0 Å². The van der Waals surface area contributed by atoms with Gasteiger partial charge in [-0.15, -0.1) is 0 Å². The van der Waals surface area contributed by atoms with Gasteiger partial charge in [-0.25, -0.2) is 0 Å². The normalized spacial score (nSPS) is 13.4. The van der Waals surface area contributed by atoms with Crippen LogP contribution >= 0.6 is 11.8 Å². The fourth-order valence-corrected chi connectivity index (χ4v) is 1.35. The summed E-state index contributed by atoms with van der Waals surface area (Å²) in [7, 11) is 0. The summed E-state index contributed by atoms with van der Waals surface area (Å²) in [5, 5.41) is 9.42. The molecule has 1 N–H and O–H groups in total. The van der Waals surface area contributed by atoms with Gasteiger partial charge in [-0.1, -0.05) is 0 Å². The van der Waals surface area contributed by atoms with Gasteiger partial charge in [0.15, 0.2) is 0 Å². The lowest BCUT2D eigenvalue weighted by molar-refractivity contribution is 0.172. The minimum absolute atomic E-state index is 0.460. The number of aliphatic hydroxyl groups is 1. The van der Waals surface area contributed by atoms with Gasteiger partial charge < -0.3 is 9.52 Å². The molecule has 0 bridgehead atoms. The molecule has 0 fully saturated rings. The summed E-state index contributed by atoms with van der Waals surface area (Å²) in [5.74, 6) is 2.20. The molecule has 62 valence electrons. The van der Waals surface area contributed by atoms with Crippen molar-refractivity contribution in [3.8, 4) is 0 Å². The van der Waals surface area contributed by atoms with Gasteiger partial charge in [0.25, 0.3) is 0 Å². The lowest BCUT2D eigenvalue weighted by Crippen LogP contribution is -1.97. The maximum Gasteiger partial charge on any atom is 0.133 e. The molecule has 1 aromatic heterocycles. The van der Waals surface area contributed by atoms with Crippen LogP contribution in [0.2, 0.25) is 0 Å². The average Bonchev–Trinajstić information content (AvgIpc) is 2.36. The SMILES string of the molecule is CSCC(O)c1ccc(C)o1. The molecule has 0 saturated heterocycles. The number of thioether (sulfide) groups is 1. The zero-order valence-corrected chi connectivity index (χ0v) is 7.52. The molecule has 0 aliphatic rings. The maximum absolute atomic E-state index is 9.42. The zero-order valence-electron chi connectivity index (χ0n) is 6.70. The fraction of sp³-hybridized carbons (Fsp3) is 0.500. The van der Waals surface area contributed by atoms with Gasteiger partial charge in [-0.3, -0.25) is 0 Å². The molecule has 1 heterocycles. The summed E-state index contributed by atoms with van der Waals surface area (Å²) in [5.41, 5.74) is 0. The van der Waals surface area contributed by atoms with E-state index in [1.54, 1.807) is 11.8 Å². The van der Waals surface area contributed by atoms with Crippen molar-refractivity contribution >= 4 is 11.8 Å². The van der Waals surface area contributed by atoms with E-state index in [0.29, 0.717) is 11.5 Å². The smallest absolute Gasteiger partial charge is 0.133 e.